The number of fused-ring (bicyclic) bond motifs is 1. The van der Waals surface area contributed by atoms with E-state index in [9.17, 15) is 9.18 Å². The Kier molecular flexibility index (Phi) is 7.57. The molecule has 7 nitrogen and oxygen atoms in total. The fourth-order valence-electron chi connectivity index (χ4n) is 6.05. The third-order valence-electron chi connectivity index (χ3n) is 8.17. The first-order valence-corrected chi connectivity index (χ1v) is 14.1. The minimum atomic E-state index is -0.521. The highest BCUT2D eigenvalue weighted by molar-refractivity contribution is 5.97. The lowest BCUT2D eigenvalue weighted by Gasteiger charge is -2.38. The minimum Gasteiger partial charge on any atom is -0.457 e. The van der Waals surface area contributed by atoms with Crippen molar-refractivity contribution in [3.63, 3.8) is 0 Å². The zero-order valence-electron chi connectivity index (χ0n) is 22.9. The van der Waals surface area contributed by atoms with Crippen LogP contribution in [-0.4, -0.2) is 46.6 Å². The highest BCUT2D eigenvalue weighted by atomic mass is 19.1. The van der Waals surface area contributed by atoms with E-state index in [1.807, 2.05) is 35.0 Å². The quantitative estimate of drug-likeness (QED) is 0.279. The average molecular weight is 552 g/mol. The molecule has 3 aromatic carbocycles. The lowest BCUT2D eigenvalue weighted by molar-refractivity contribution is 0.0992. The zero-order chi connectivity index (χ0) is 28.3. The van der Waals surface area contributed by atoms with Gasteiger partial charge in [-0.1, -0.05) is 36.9 Å². The molecular weight excluding hydrogens is 517 g/mol. The number of piperidine rings is 1. The molecule has 1 amide bonds. The predicted molar refractivity (Wildman–Crippen MR) is 159 cm³/mol. The van der Waals surface area contributed by atoms with E-state index in [1.54, 1.807) is 12.1 Å². The molecule has 4 aromatic rings. The van der Waals surface area contributed by atoms with Crippen LogP contribution < -0.4 is 15.9 Å². The number of hydrogen-bond acceptors (Lipinski definition) is 5. The Morgan fingerprint density at radius 2 is 1.63 bits per heavy atom. The van der Waals surface area contributed by atoms with E-state index in [-0.39, 0.29) is 11.7 Å². The Balaban J connectivity index is 1.18. The maximum absolute atomic E-state index is 13.2. The standard InChI is InChI=1S/C33H34FN5O2/c1-22(23-5-3-2-4-6-23)21-38-19-16-24(17-20-38)29-15-18-36-39-31(32(35)40)30(37-33(29)39)25-7-11-27(12-8-25)41-28-13-9-26(34)10-14-28/h2-14,24,29,36H,1,15-21H2,(H2,35,40). The first kappa shape index (κ1) is 26.8. The molecule has 3 N–H and O–H groups in total. The summed E-state index contributed by atoms with van der Waals surface area (Å²) in [4.78, 5) is 20.2. The summed E-state index contributed by atoms with van der Waals surface area (Å²) in [5.74, 6) is 1.89. The number of carbonyl (C=O) groups is 1. The van der Waals surface area contributed by atoms with Crippen molar-refractivity contribution in [1.29, 1.82) is 0 Å². The van der Waals surface area contributed by atoms with E-state index in [1.165, 1.54) is 17.7 Å². The molecule has 2 aliphatic rings. The molecule has 1 aromatic heterocycles. The Labute approximate surface area is 239 Å². The monoisotopic (exact) mass is 551 g/mol. The van der Waals surface area contributed by atoms with Gasteiger partial charge in [0.15, 0.2) is 5.69 Å². The highest BCUT2D eigenvalue weighted by Gasteiger charge is 2.36. The third kappa shape index (κ3) is 5.74. The van der Waals surface area contributed by atoms with Crippen molar-refractivity contribution in [3.05, 3.63) is 108 Å². The number of ether oxygens (including phenoxy) is 1. The molecule has 1 atom stereocenters. The second-order valence-electron chi connectivity index (χ2n) is 10.8. The smallest absolute Gasteiger partial charge is 0.269 e. The van der Waals surface area contributed by atoms with E-state index in [4.69, 9.17) is 15.5 Å². The number of benzene rings is 3. The van der Waals surface area contributed by atoms with Crippen molar-refractivity contribution < 1.29 is 13.9 Å². The Morgan fingerprint density at radius 1 is 0.976 bits per heavy atom. The van der Waals surface area contributed by atoms with Gasteiger partial charge in [-0.15, -0.1) is 0 Å². The highest BCUT2D eigenvalue weighted by Crippen LogP contribution is 2.39. The van der Waals surface area contributed by atoms with E-state index in [2.05, 4.69) is 41.2 Å². The molecule has 41 heavy (non-hydrogen) atoms. The van der Waals surface area contributed by atoms with Gasteiger partial charge in [-0.2, -0.15) is 0 Å². The summed E-state index contributed by atoms with van der Waals surface area (Å²) in [5.41, 5.74) is 13.3. The van der Waals surface area contributed by atoms with Crippen LogP contribution in [0.4, 0.5) is 4.39 Å². The van der Waals surface area contributed by atoms with E-state index in [0.717, 1.165) is 62.4 Å². The van der Waals surface area contributed by atoms with Crippen LogP contribution in [0, 0.1) is 11.7 Å². The largest absolute Gasteiger partial charge is 0.457 e. The average Bonchev–Trinajstić information content (AvgIpc) is 3.40. The van der Waals surface area contributed by atoms with Crippen LogP contribution in [-0.2, 0) is 0 Å². The SMILES string of the molecule is C=C(CN1CCC(C2CCNn3c2nc(-c2ccc(Oc4ccc(F)cc4)cc2)c3C(N)=O)CC1)c1ccccc1. The number of halogens is 1. The van der Waals surface area contributed by atoms with Gasteiger partial charge in [0.1, 0.15) is 28.8 Å². The van der Waals surface area contributed by atoms with E-state index in [0.29, 0.717) is 28.8 Å². The molecular formula is C33H34FN5O2. The van der Waals surface area contributed by atoms with Gasteiger partial charge in [-0.3, -0.25) is 9.69 Å². The molecule has 2 aliphatic heterocycles. The van der Waals surface area contributed by atoms with Gasteiger partial charge in [0, 0.05) is 24.6 Å². The summed E-state index contributed by atoms with van der Waals surface area (Å²) in [5, 5.41) is 0. The number of hydrogen-bond donors (Lipinski definition) is 2. The number of rotatable bonds is 8. The number of aromatic nitrogens is 2. The van der Waals surface area contributed by atoms with Crippen LogP contribution in [0.3, 0.4) is 0 Å². The minimum absolute atomic E-state index is 0.239. The molecule has 1 saturated heterocycles. The second kappa shape index (κ2) is 11.6. The first-order valence-electron chi connectivity index (χ1n) is 14.1. The second-order valence-corrected chi connectivity index (χ2v) is 10.8. The predicted octanol–water partition coefficient (Wildman–Crippen LogP) is 6.04. The van der Waals surface area contributed by atoms with Gasteiger partial charge in [0.2, 0.25) is 0 Å². The van der Waals surface area contributed by atoms with E-state index >= 15 is 0 Å². The first-order chi connectivity index (χ1) is 20.0. The van der Waals surface area contributed by atoms with Gasteiger partial charge in [-0.25, -0.2) is 14.1 Å². The maximum Gasteiger partial charge on any atom is 0.269 e. The molecule has 0 bridgehead atoms. The summed E-state index contributed by atoms with van der Waals surface area (Å²) >= 11 is 0. The number of imidazole rings is 1. The number of carbonyl (C=O) groups excluding carboxylic acids is 1. The van der Waals surface area contributed by atoms with Crippen LogP contribution in [0.5, 0.6) is 11.5 Å². The Bertz CT molecular complexity index is 1520. The number of nitrogens with two attached hydrogens (primary N) is 1. The fraction of sp³-hybridized carbons (Fsp3) is 0.273. The molecule has 1 fully saturated rings. The fourth-order valence-corrected chi connectivity index (χ4v) is 6.05. The van der Waals surface area contributed by atoms with Gasteiger partial charge >= 0.3 is 0 Å². The van der Waals surface area contributed by atoms with Gasteiger partial charge in [-0.05, 0) is 97.9 Å². The summed E-state index contributed by atoms with van der Waals surface area (Å²) in [6.07, 6.45) is 3.09. The topological polar surface area (TPSA) is 85.4 Å². The van der Waals surface area contributed by atoms with Gasteiger partial charge in [0.25, 0.3) is 5.91 Å². The van der Waals surface area contributed by atoms with E-state index < -0.39 is 5.91 Å². The Morgan fingerprint density at radius 3 is 2.29 bits per heavy atom. The summed E-state index contributed by atoms with van der Waals surface area (Å²) < 4.78 is 20.9. The lowest BCUT2D eigenvalue weighted by Crippen LogP contribution is -2.40. The number of amides is 1. The molecule has 3 heterocycles. The number of nitrogens with one attached hydrogen (secondary N) is 1. The molecule has 0 spiro atoms. The van der Waals surface area contributed by atoms with Crippen molar-refractivity contribution in [2.24, 2.45) is 11.7 Å². The van der Waals surface area contributed by atoms with Crippen molar-refractivity contribution in [1.82, 2.24) is 14.6 Å². The van der Waals surface area contributed by atoms with Crippen LogP contribution in [0.2, 0.25) is 0 Å². The zero-order valence-corrected chi connectivity index (χ0v) is 22.9. The van der Waals surface area contributed by atoms with Crippen molar-refractivity contribution in [3.8, 4) is 22.8 Å². The summed E-state index contributed by atoms with van der Waals surface area (Å²) in [6.45, 7) is 7.95. The number of likely N-dealkylation sites (tertiary alicyclic amines) is 1. The molecule has 210 valence electrons. The van der Waals surface area contributed by atoms with Crippen molar-refractivity contribution in [2.75, 3.05) is 31.6 Å². The molecule has 6 rings (SSSR count). The number of primary amides is 1. The van der Waals surface area contributed by atoms with Crippen LogP contribution in [0.1, 0.15) is 47.1 Å². The summed E-state index contributed by atoms with van der Waals surface area (Å²) in [7, 11) is 0. The Hall–Kier alpha value is -4.43. The molecule has 1 unspecified atom stereocenters. The van der Waals surface area contributed by atoms with Crippen molar-refractivity contribution in [2.45, 2.75) is 25.2 Å². The summed E-state index contributed by atoms with van der Waals surface area (Å²) in [6, 6.07) is 23.6. The van der Waals surface area contributed by atoms with Crippen LogP contribution >= 0.6 is 0 Å². The van der Waals surface area contributed by atoms with Gasteiger partial charge < -0.3 is 15.9 Å². The molecule has 0 radical (unpaired) electrons. The van der Waals surface area contributed by atoms with Gasteiger partial charge in [0.05, 0.1) is 0 Å². The van der Waals surface area contributed by atoms with Crippen LogP contribution in [0.25, 0.3) is 16.8 Å². The van der Waals surface area contributed by atoms with Crippen molar-refractivity contribution >= 4 is 11.5 Å². The lowest BCUT2D eigenvalue weighted by atomic mass is 9.81. The normalized spacial score (nSPS) is 17.4. The third-order valence-corrected chi connectivity index (χ3v) is 8.17. The number of nitrogens with zero attached hydrogens (tertiary/aromatic N) is 3. The maximum atomic E-state index is 13.2. The molecule has 0 saturated carbocycles. The molecule has 8 heteroatoms. The molecule has 0 aliphatic carbocycles. The van der Waals surface area contributed by atoms with Crippen LogP contribution in [0.15, 0.2) is 85.4 Å².